The second-order valence-electron chi connectivity index (χ2n) is 5.94. The summed E-state index contributed by atoms with van der Waals surface area (Å²) in [6, 6.07) is 9.24. The predicted octanol–water partition coefficient (Wildman–Crippen LogP) is 4.37. The number of rotatable bonds is 3. The van der Waals surface area contributed by atoms with Crippen LogP contribution in [0.5, 0.6) is 0 Å². The molecule has 0 amide bonds. The van der Waals surface area contributed by atoms with Crippen molar-refractivity contribution < 1.29 is 13.2 Å². The van der Waals surface area contributed by atoms with Crippen LogP contribution in [0.4, 0.5) is 24.7 Å². The van der Waals surface area contributed by atoms with Gasteiger partial charge >= 0.3 is 6.18 Å². The zero-order valence-corrected chi connectivity index (χ0v) is 15.1. The first kappa shape index (κ1) is 20.0. The Kier molecular flexibility index (Phi) is 6.85. The third kappa shape index (κ3) is 4.66. The average Bonchev–Trinajstić information content (AvgIpc) is 2.69. The van der Waals surface area contributed by atoms with E-state index in [0.717, 1.165) is 37.7 Å². The Morgan fingerprint density at radius 1 is 1.04 bits per heavy atom. The van der Waals surface area contributed by atoms with Gasteiger partial charge in [-0.25, -0.2) is 4.98 Å². The van der Waals surface area contributed by atoms with E-state index in [9.17, 15) is 13.2 Å². The van der Waals surface area contributed by atoms with Crippen LogP contribution in [-0.2, 0) is 6.18 Å². The SMILES string of the molecule is CN.CNc1cc(N2CCCCC2)cc(-c2ccccc2C(F)(F)F)n1. The van der Waals surface area contributed by atoms with Crippen molar-refractivity contribution in [1.82, 2.24) is 4.98 Å². The van der Waals surface area contributed by atoms with Crippen LogP contribution < -0.4 is 16.0 Å². The molecule has 1 aromatic carbocycles. The highest BCUT2D eigenvalue weighted by atomic mass is 19.4. The molecule has 0 saturated carbocycles. The molecule has 0 atom stereocenters. The van der Waals surface area contributed by atoms with Crippen molar-refractivity contribution in [3.05, 3.63) is 42.0 Å². The lowest BCUT2D eigenvalue weighted by Crippen LogP contribution is -2.29. The van der Waals surface area contributed by atoms with E-state index in [1.54, 1.807) is 19.2 Å². The second-order valence-corrected chi connectivity index (χ2v) is 5.94. The minimum Gasteiger partial charge on any atom is -0.373 e. The Balaban J connectivity index is 0.00000117. The number of nitrogens with two attached hydrogens (primary N) is 1. The Morgan fingerprint density at radius 3 is 2.31 bits per heavy atom. The first-order chi connectivity index (χ1) is 12.5. The fourth-order valence-electron chi connectivity index (χ4n) is 3.07. The molecule has 1 saturated heterocycles. The first-order valence-corrected chi connectivity index (χ1v) is 8.68. The molecule has 26 heavy (non-hydrogen) atoms. The maximum Gasteiger partial charge on any atom is 0.417 e. The van der Waals surface area contributed by atoms with E-state index < -0.39 is 11.7 Å². The number of benzene rings is 1. The minimum absolute atomic E-state index is 0.111. The largest absolute Gasteiger partial charge is 0.417 e. The summed E-state index contributed by atoms with van der Waals surface area (Å²) >= 11 is 0. The Labute approximate surface area is 152 Å². The lowest BCUT2D eigenvalue weighted by atomic mass is 10.0. The zero-order valence-electron chi connectivity index (χ0n) is 15.1. The maximum atomic E-state index is 13.3. The van der Waals surface area contributed by atoms with Crippen molar-refractivity contribution in [2.24, 2.45) is 5.73 Å². The summed E-state index contributed by atoms with van der Waals surface area (Å²) in [6.45, 7) is 1.85. The van der Waals surface area contributed by atoms with Gasteiger partial charge in [0.05, 0.1) is 11.3 Å². The van der Waals surface area contributed by atoms with E-state index >= 15 is 0 Å². The number of halogens is 3. The van der Waals surface area contributed by atoms with E-state index in [4.69, 9.17) is 0 Å². The van der Waals surface area contributed by atoms with Gasteiger partial charge in [0.25, 0.3) is 0 Å². The predicted molar refractivity (Wildman–Crippen MR) is 100 cm³/mol. The van der Waals surface area contributed by atoms with Crippen LogP contribution in [-0.4, -0.2) is 32.2 Å². The van der Waals surface area contributed by atoms with Crippen molar-refractivity contribution in [1.29, 1.82) is 0 Å². The van der Waals surface area contributed by atoms with E-state index in [1.165, 1.54) is 25.6 Å². The van der Waals surface area contributed by atoms with Gasteiger partial charge in [0.15, 0.2) is 0 Å². The fourth-order valence-corrected chi connectivity index (χ4v) is 3.07. The van der Waals surface area contributed by atoms with Crippen LogP contribution in [0.2, 0.25) is 0 Å². The first-order valence-electron chi connectivity index (χ1n) is 8.68. The van der Waals surface area contributed by atoms with Gasteiger partial charge < -0.3 is 16.0 Å². The lowest BCUT2D eigenvalue weighted by molar-refractivity contribution is -0.137. The van der Waals surface area contributed by atoms with E-state index in [2.05, 4.69) is 20.9 Å². The van der Waals surface area contributed by atoms with Crippen molar-refractivity contribution in [2.45, 2.75) is 25.4 Å². The highest BCUT2D eigenvalue weighted by molar-refractivity contribution is 5.71. The van der Waals surface area contributed by atoms with Crippen molar-refractivity contribution in [2.75, 3.05) is 37.4 Å². The Morgan fingerprint density at radius 2 is 1.69 bits per heavy atom. The molecule has 2 aromatic rings. The molecule has 0 bridgehead atoms. The summed E-state index contributed by atoms with van der Waals surface area (Å²) in [5.41, 5.74) is 5.21. The van der Waals surface area contributed by atoms with Gasteiger partial charge in [0.2, 0.25) is 0 Å². The summed E-state index contributed by atoms with van der Waals surface area (Å²) in [6.07, 6.45) is -0.999. The number of nitrogens with zero attached hydrogens (tertiary/aromatic N) is 2. The monoisotopic (exact) mass is 366 g/mol. The molecule has 0 aliphatic carbocycles. The number of hydrogen-bond acceptors (Lipinski definition) is 4. The molecule has 3 N–H and O–H groups in total. The molecule has 1 fully saturated rings. The fraction of sp³-hybridized carbons (Fsp3) is 0.421. The van der Waals surface area contributed by atoms with Crippen LogP contribution in [0.1, 0.15) is 24.8 Å². The van der Waals surface area contributed by atoms with Crippen LogP contribution in [0.15, 0.2) is 36.4 Å². The summed E-state index contributed by atoms with van der Waals surface area (Å²) in [5.74, 6) is 0.574. The summed E-state index contributed by atoms with van der Waals surface area (Å²) in [5, 5.41) is 2.96. The van der Waals surface area contributed by atoms with Gasteiger partial charge in [0, 0.05) is 37.5 Å². The van der Waals surface area contributed by atoms with Gasteiger partial charge in [-0.15, -0.1) is 0 Å². The van der Waals surface area contributed by atoms with Crippen molar-refractivity contribution >= 4 is 11.5 Å². The van der Waals surface area contributed by atoms with Gasteiger partial charge in [0.1, 0.15) is 5.82 Å². The third-order valence-corrected chi connectivity index (χ3v) is 4.30. The van der Waals surface area contributed by atoms with Gasteiger partial charge in [-0.1, -0.05) is 18.2 Å². The van der Waals surface area contributed by atoms with E-state index in [1.807, 2.05) is 6.07 Å². The number of hydrogen-bond donors (Lipinski definition) is 2. The topological polar surface area (TPSA) is 54.2 Å². The summed E-state index contributed by atoms with van der Waals surface area (Å²) in [4.78, 5) is 6.57. The number of alkyl halides is 3. The molecule has 142 valence electrons. The Bertz CT molecular complexity index is 710. The molecular weight excluding hydrogens is 341 g/mol. The number of anilines is 2. The maximum absolute atomic E-state index is 13.3. The third-order valence-electron chi connectivity index (χ3n) is 4.30. The highest BCUT2D eigenvalue weighted by Gasteiger charge is 2.33. The molecule has 4 nitrogen and oxygen atoms in total. The standard InChI is InChI=1S/C18H20F3N3.CH5N/c1-22-17-12-13(24-9-5-2-6-10-24)11-16(23-17)14-7-3-4-8-15(14)18(19,20)21;1-2/h3-4,7-8,11-12H,2,5-6,9-10H2,1H3,(H,22,23);2H2,1H3. The Hall–Kier alpha value is -2.28. The zero-order chi connectivity index (χ0) is 19.2. The molecule has 0 unspecified atom stereocenters. The van der Waals surface area contributed by atoms with Crippen LogP contribution in [0.3, 0.4) is 0 Å². The molecule has 0 radical (unpaired) electrons. The van der Waals surface area contributed by atoms with Gasteiger partial charge in [-0.05, 0) is 38.4 Å². The molecule has 1 aromatic heterocycles. The number of aromatic nitrogens is 1. The van der Waals surface area contributed by atoms with Crippen LogP contribution in [0.25, 0.3) is 11.3 Å². The molecule has 1 aliphatic rings. The van der Waals surface area contributed by atoms with Crippen LogP contribution >= 0.6 is 0 Å². The quantitative estimate of drug-likeness (QED) is 0.847. The number of piperidine rings is 1. The molecule has 3 rings (SSSR count). The molecule has 7 heteroatoms. The number of pyridine rings is 1. The highest BCUT2D eigenvalue weighted by Crippen LogP contribution is 2.38. The lowest BCUT2D eigenvalue weighted by Gasteiger charge is -2.29. The second kappa shape index (κ2) is 8.89. The molecular formula is C19H25F3N4. The minimum atomic E-state index is -4.40. The summed E-state index contributed by atoms with van der Waals surface area (Å²) < 4.78 is 40.0. The normalized spacial score (nSPS) is 14.5. The molecule has 1 aliphatic heterocycles. The van der Waals surface area contributed by atoms with Crippen LogP contribution in [0, 0.1) is 0 Å². The summed E-state index contributed by atoms with van der Waals surface area (Å²) in [7, 11) is 3.22. The van der Waals surface area contributed by atoms with Crippen molar-refractivity contribution in [3.8, 4) is 11.3 Å². The average molecular weight is 366 g/mol. The molecule has 2 heterocycles. The van der Waals surface area contributed by atoms with E-state index in [-0.39, 0.29) is 5.56 Å². The van der Waals surface area contributed by atoms with E-state index in [0.29, 0.717) is 11.5 Å². The smallest absolute Gasteiger partial charge is 0.373 e. The van der Waals surface area contributed by atoms with Gasteiger partial charge in [-0.2, -0.15) is 13.2 Å². The van der Waals surface area contributed by atoms with Crippen molar-refractivity contribution in [3.63, 3.8) is 0 Å². The van der Waals surface area contributed by atoms with Gasteiger partial charge in [-0.3, -0.25) is 0 Å². The molecule has 0 spiro atoms. The number of nitrogens with one attached hydrogen (secondary N) is 1.